The maximum absolute atomic E-state index is 12.8. The van der Waals surface area contributed by atoms with Crippen molar-refractivity contribution >= 4 is 46.5 Å². The number of halogens is 2. The van der Waals surface area contributed by atoms with Crippen LogP contribution in [0.25, 0.3) is 5.78 Å². The molecule has 30 heavy (non-hydrogen) atoms. The van der Waals surface area contributed by atoms with Gasteiger partial charge in [0, 0.05) is 28.4 Å². The number of carbonyl (C=O) groups is 1. The number of hydrogen-bond donors (Lipinski definition) is 0. The van der Waals surface area contributed by atoms with E-state index in [9.17, 15) is 4.79 Å². The van der Waals surface area contributed by atoms with Gasteiger partial charge in [-0.25, -0.2) is 9.50 Å². The predicted octanol–water partition coefficient (Wildman–Crippen LogP) is 5.64. The molecule has 150 valence electrons. The van der Waals surface area contributed by atoms with Crippen molar-refractivity contribution in [2.45, 2.75) is 29.7 Å². The molecule has 0 aliphatic heterocycles. The molecule has 1 aliphatic carbocycles. The van der Waals surface area contributed by atoms with Crippen molar-refractivity contribution in [2.75, 3.05) is 0 Å². The molecule has 0 radical (unpaired) electrons. The lowest BCUT2D eigenvalue weighted by Gasteiger charge is -2.23. The molecule has 0 bridgehead atoms. The Labute approximate surface area is 187 Å². The minimum atomic E-state index is 0.0753. The molecular formula is C22H16Cl2N4OS. The zero-order valence-corrected chi connectivity index (χ0v) is 18.1. The molecule has 0 spiro atoms. The van der Waals surface area contributed by atoms with E-state index >= 15 is 0 Å². The van der Waals surface area contributed by atoms with Crippen LogP contribution in [-0.2, 0) is 12.2 Å². The summed E-state index contributed by atoms with van der Waals surface area (Å²) in [5.74, 6) is 1.33. The second kappa shape index (κ2) is 8.02. The van der Waals surface area contributed by atoms with E-state index in [0.717, 1.165) is 21.8 Å². The number of carbonyl (C=O) groups excluding carboxylic acids is 1. The molecule has 8 heteroatoms. The van der Waals surface area contributed by atoms with Crippen LogP contribution in [0.4, 0.5) is 0 Å². The first kappa shape index (κ1) is 19.5. The molecule has 5 nitrogen and oxygen atoms in total. The zero-order chi connectivity index (χ0) is 20.7. The monoisotopic (exact) mass is 454 g/mol. The van der Waals surface area contributed by atoms with E-state index < -0.39 is 0 Å². The van der Waals surface area contributed by atoms with Gasteiger partial charge in [-0.2, -0.15) is 4.98 Å². The lowest BCUT2D eigenvalue weighted by atomic mass is 9.82. The number of Topliss-reactive ketones (excluding diaryl/α,β-unsaturated/α-hetero) is 1. The minimum absolute atomic E-state index is 0.0753. The molecule has 0 unspecified atom stereocenters. The van der Waals surface area contributed by atoms with Crippen LogP contribution >= 0.6 is 35.0 Å². The van der Waals surface area contributed by atoms with Gasteiger partial charge in [0.05, 0.1) is 11.3 Å². The van der Waals surface area contributed by atoms with Gasteiger partial charge in [0.2, 0.25) is 5.16 Å². The second-order valence-corrected chi connectivity index (χ2v) is 8.99. The summed E-state index contributed by atoms with van der Waals surface area (Å²) in [6.07, 6.45) is 2.89. The van der Waals surface area contributed by atoms with Crippen molar-refractivity contribution in [3.05, 3.63) is 87.2 Å². The van der Waals surface area contributed by atoms with E-state index in [4.69, 9.17) is 23.2 Å². The van der Waals surface area contributed by atoms with Gasteiger partial charge in [-0.1, -0.05) is 65.3 Å². The standard InChI is InChI=1S/C22H16Cl2N4OS/c23-16-7-5-13(6-8-16)15-9-19-17(20(29)10-15)11-28-21(25-19)26-22(27-28)30-12-14-3-1-2-4-18(14)24/h1-8,11,15H,9-10,12H2/t15-/m1/s1. The van der Waals surface area contributed by atoms with Crippen LogP contribution in [0.5, 0.6) is 0 Å². The Morgan fingerprint density at radius 1 is 1.03 bits per heavy atom. The van der Waals surface area contributed by atoms with Crippen molar-refractivity contribution in [3.8, 4) is 0 Å². The van der Waals surface area contributed by atoms with Crippen LogP contribution in [-0.4, -0.2) is 25.4 Å². The van der Waals surface area contributed by atoms with Crippen molar-refractivity contribution in [1.29, 1.82) is 0 Å². The molecule has 0 amide bonds. The average Bonchev–Trinajstić information content (AvgIpc) is 3.14. The Hall–Kier alpha value is -2.41. The number of rotatable bonds is 4. The summed E-state index contributed by atoms with van der Waals surface area (Å²) >= 11 is 13.7. The fourth-order valence-corrected chi connectivity index (χ4v) is 4.89. The number of ketones is 1. The Morgan fingerprint density at radius 2 is 1.83 bits per heavy atom. The molecule has 0 N–H and O–H groups in total. The number of hydrogen-bond acceptors (Lipinski definition) is 5. The zero-order valence-electron chi connectivity index (χ0n) is 15.8. The van der Waals surface area contributed by atoms with Gasteiger partial charge in [-0.05, 0) is 41.7 Å². The van der Waals surface area contributed by atoms with Crippen LogP contribution < -0.4 is 0 Å². The van der Waals surface area contributed by atoms with Gasteiger partial charge < -0.3 is 0 Å². The fourth-order valence-electron chi connectivity index (χ4n) is 3.65. The summed E-state index contributed by atoms with van der Waals surface area (Å²) in [7, 11) is 0. The smallest absolute Gasteiger partial charge is 0.253 e. The largest absolute Gasteiger partial charge is 0.294 e. The van der Waals surface area contributed by atoms with Gasteiger partial charge in [0.25, 0.3) is 5.78 Å². The summed E-state index contributed by atoms with van der Waals surface area (Å²) < 4.78 is 1.59. The molecule has 4 aromatic rings. The molecule has 5 rings (SSSR count). The summed E-state index contributed by atoms with van der Waals surface area (Å²) in [6, 6.07) is 15.4. The summed E-state index contributed by atoms with van der Waals surface area (Å²) in [5, 5.41) is 6.50. The molecule has 2 aromatic carbocycles. The first-order valence-electron chi connectivity index (χ1n) is 9.48. The highest BCUT2D eigenvalue weighted by Crippen LogP contribution is 2.33. The molecule has 2 heterocycles. The lowest BCUT2D eigenvalue weighted by molar-refractivity contribution is 0.0962. The summed E-state index contributed by atoms with van der Waals surface area (Å²) in [4.78, 5) is 22.0. The van der Waals surface area contributed by atoms with E-state index in [-0.39, 0.29) is 11.7 Å². The molecule has 1 aliphatic rings. The van der Waals surface area contributed by atoms with Gasteiger partial charge in [-0.15, -0.1) is 5.10 Å². The third-order valence-electron chi connectivity index (χ3n) is 5.22. The lowest BCUT2D eigenvalue weighted by Crippen LogP contribution is -2.21. The van der Waals surface area contributed by atoms with E-state index in [2.05, 4.69) is 15.1 Å². The maximum atomic E-state index is 12.8. The minimum Gasteiger partial charge on any atom is -0.294 e. The number of thioether (sulfide) groups is 1. The molecule has 0 saturated carbocycles. The van der Waals surface area contributed by atoms with Gasteiger partial charge in [0.1, 0.15) is 0 Å². The highest BCUT2D eigenvalue weighted by atomic mass is 35.5. The average molecular weight is 455 g/mol. The molecule has 1 atom stereocenters. The molecular weight excluding hydrogens is 439 g/mol. The quantitative estimate of drug-likeness (QED) is 0.373. The van der Waals surface area contributed by atoms with Gasteiger partial charge in [-0.3, -0.25) is 4.79 Å². The van der Waals surface area contributed by atoms with Crippen LogP contribution in [0.3, 0.4) is 0 Å². The first-order valence-corrected chi connectivity index (χ1v) is 11.2. The highest BCUT2D eigenvalue weighted by Gasteiger charge is 2.28. The summed E-state index contributed by atoms with van der Waals surface area (Å²) in [6.45, 7) is 0. The molecule has 0 fully saturated rings. The Balaban J connectivity index is 1.41. The SMILES string of the molecule is O=C1C[C@H](c2ccc(Cl)cc2)Cc2nc3nc(SCc4ccccc4Cl)nn3cc21. The van der Waals surface area contributed by atoms with Gasteiger partial charge >= 0.3 is 0 Å². The van der Waals surface area contributed by atoms with Crippen molar-refractivity contribution in [1.82, 2.24) is 19.6 Å². The van der Waals surface area contributed by atoms with Crippen LogP contribution in [0.15, 0.2) is 59.9 Å². The van der Waals surface area contributed by atoms with E-state index in [1.54, 1.807) is 10.7 Å². The third-order valence-corrected chi connectivity index (χ3v) is 6.73. The van der Waals surface area contributed by atoms with Crippen molar-refractivity contribution in [3.63, 3.8) is 0 Å². The topological polar surface area (TPSA) is 60.2 Å². The van der Waals surface area contributed by atoms with E-state index in [0.29, 0.717) is 40.1 Å². The van der Waals surface area contributed by atoms with Crippen molar-refractivity contribution in [2.24, 2.45) is 0 Å². The van der Waals surface area contributed by atoms with E-state index in [1.165, 1.54) is 11.8 Å². The number of nitrogens with zero attached hydrogens (tertiary/aromatic N) is 4. The Morgan fingerprint density at radius 3 is 2.63 bits per heavy atom. The fraction of sp³-hybridized carbons (Fsp3) is 0.182. The highest BCUT2D eigenvalue weighted by molar-refractivity contribution is 7.98. The Bertz CT molecular complexity index is 1260. The number of aromatic nitrogens is 4. The predicted molar refractivity (Wildman–Crippen MR) is 119 cm³/mol. The van der Waals surface area contributed by atoms with Crippen LogP contribution in [0.1, 0.15) is 39.5 Å². The molecule has 0 saturated heterocycles. The number of benzene rings is 2. The van der Waals surface area contributed by atoms with Crippen LogP contribution in [0.2, 0.25) is 10.0 Å². The van der Waals surface area contributed by atoms with Crippen molar-refractivity contribution < 1.29 is 4.79 Å². The second-order valence-electron chi connectivity index (χ2n) is 7.20. The Kier molecular flexibility index (Phi) is 5.23. The van der Waals surface area contributed by atoms with Crippen LogP contribution in [0, 0.1) is 0 Å². The molecule has 2 aromatic heterocycles. The third kappa shape index (κ3) is 3.83. The normalized spacial score (nSPS) is 16.1. The summed E-state index contributed by atoms with van der Waals surface area (Å²) in [5.41, 5.74) is 3.52. The number of fused-ring (bicyclic) bond motifs is 2. The first-order chi connectivity index (χ1) is 14.6. The maximum Gasteiger partial charge on any atom is 0.253 e. The van der Waals surface area contributed by atoms with E-state index in [1.807, 2.05) is 48.5 Å². The van der Waals surface area contributed by atoms with Gasteiger partial charge in [0.15, 0.2) is 5.78 Å².